The van der Waals surface area contributed by atoms with E-state index < -0.39 is 5.38 Å². The molecule has 1 amide bonds. The first-order valence-corrected chi connectivity index (χ1v) is 7.70. The maximum Gasteiger partial charge on any atom is 0.242 e. The van der Waals surface area contributed by atoms with Gasteiger partial charge >= 0.3 is 0 Å². The molecule has 1 aliphatic carbocycles. The van der Waals surface area contributed by atoms with Crippen molar-refractivity contribution in [3.63, 3.8) is 0 Å². The molecule has 1 aliphatic rings. The summed E-state index contributed by atoms with van der Waals surface area (Å²) in [6, 6.07) is 9.85. The van der Waals surface area contributed by atoms with Gasteiger partial charge in [-0.25, -0.2) is 0 Å². The second-order valence-corrected chi connectivity index (χ2v) is 5.76. The molecule has 3 heteroatoms. The van der Waals surface area contributed by atoms with Crippen LogP contribution in [0.25, 0.3) is 0 Å². The van der Waals surface area contributed by atoms with Gasteiger partial charge in [-0.15, -0.1) is 11.6 Å². The minimum atomic E-state index is -0.577. The summed E-state index contributed by atoms with van der Waals surface area (Å²) in [5, 5.41) is 2.54. The van der Waals surface area contributed by atoms with Gasteiger partial charge in [-0.3, -0.25) is 4.79 Å². The van der Waals surface area contributed by atoms with Crippen LogP contribution < -0.4 is 5.32 Å². The molecular weight excluding hydrogens is 258 g/mol. The second-order valence-electron chi connectivity index (χ2n) is 5.32. The largest absolute Gasteiger partial charge is 0.352 e. The molecule has 0 heterocycles. The van der Waals surface area contributed by atoms with Crippen LogP contribution in [0.2, 0.25) is 0 Å². The number of benzene rings is 1. The molecule has 0 unspecified atom stereocenters. The molecule has 1 saturated carbocycles. The highest BCUT2D eigenvalue weighted by molar-refractivity contribution is 6.30. The van der Waals surface area contributed by atoms with Crippen molar-refractivity contribution < 1.29 is 4.79 Å². The summed E-state index contributed by atoms with van der Waals surface area (Å²) in [4.78, 5) is 12.2. The number of hydrogen-bond acceptors (Lipinski definition) is 1. The number of alkyl halides is 1. The summed E-state index contributed by atoms with van der Waals surface area (Å²) >= 11 is 6.24. The fraction of sp³-hybridized carbons (Fsp3) is 0.562. The van der Waals surface area contributed by atoms with Crippen molar-refractivity contribution in [2.24, 2.45) is 0 Å². The molecule has 19 heavy (non-hydrogen) atoms. The summed E-state index contributed by atoms with van der Waals surface area (Å²) in [6.45, 7) is 0. The third-order valence-electron chi connectivity index (χ3n) is 3.77. The van der Waals surface area contributed by atoms with Gasteiger partial charge < -0.3 is 5.32 Å². The van der Waals surface area contributed by atoms with Crippen LogP contribution in [-0.4, -0.2) is 11.9 Å². The molecule has 0 aliphatic heterocycles. The van der Waals surface area contributed by atoms with Crippen molar-refractivity contribution in [2.75, 3.05) is 0 Å². The van der Waals surface area contributed by atoms with Crippen molar-refractivity contribution in [2.45, 2.75) is 56.4 Å². The molecule has 0 bridgehead atoms. The summed E-state index contributed by atoms with van der Waals surface area (Å²) in [6.07, 6.45) is 8.51. The van der Waals surface area contributed by atoms with E-state index in [2.05, 4.69) is 5.32 Å². The SMILES string of the molecule is O=C(NC1CCCCCCC1)[C@@H](Cl)c1ccccc1. The summed E-state index contributed by atoms with van der Waals surface area (Å²) in [5.41, 5.74) is 0.868. The van der Waals surface area contributed by atoms with Crippen LogP contribution >= 0.6 is 11.6 Å². The highest BCUT2D eigenvalue weighted by atomic mass is 35.5. The van der Waals surface area contributed by atoms with Gasteiger partial charge in [-0.05, 0) is 18.4 Å². The number of hydrogen-bond donors (Lipinski definition) is 1. The van der Waals surface area contributed by atoms with E-state index in [1.807, 2.05) is 30.3 Å². The Morgan fingerprint density at radius 2 is 1.63 bits per heavy atom. The average molecular weight is 280 g/mol. The zero-order valence-electron chi connectivity index (χ0n) is 11.3. The molecule has 0 spiro atoms. The van der Waals surface area contributed by atoms with Crippen LogP contribution in [0.5, 0.6) is 0 Å². The van der Waals surface area contributed by atoms with E-state index >= 15 is 0 Å². The Balaban J connectivity index is 1.88. The van der Waals surface area contributed by atoms with E-state index in [4.69, 9.17) is 11.6 Å². The monoisotopic (exact) mass is 279 g/mol. The Hall–Kier alpha value is -1.02. The Morgan fingerprint density at radius 3 is 2.26 bits per heavy atom. The van der Waals surface area contributed by atoms with Crippen molar-refractivity contribution in [3.05, 3.63) is 35.9 Å². The highest BCUT2D eigenvalue weighted by Crippen LogP contribution is 2.22. The average Bonchev–Trinajstić information content (AvgIpc) is 2.41. The van der Waals surface area contributed by atoms with Crippen LogP contribution in [0.3, 0.4) is 0 Å². The molecule has 1 aromatic carbocycles. The van der Waals surface area contributed by atoms with Gasteiger partial charge in [0.15, 0.2) is 0 Å². The van der Waals surface area contributed by atoms with Crippen molar-refractivity contribution in [3.8, 4) is 0 Å². The van der Waals surface area contributed by atoms with Gasteiger partial charge in [0.2, 0.25) is 5.91 Å². The van der Waals surface area contributed by atoms with Gasteiger partial charge in [0, 0.05) is 6.04 Å². The van der Waals surface area contributed by atoms with Crippen molar-refractivity contribution in [1.29, 1.82) is 0 Å². The Labute approximate surface area is 120 Å². The van der Waals surface area contributed by atoms with Crippen LogP contribution in [-0.2, 0) is 4.79 Å². The number of carbonyl (C=O) groups is 1. The Kier molecular flexibility index (Phi) is 5.71. The fourth-order valence-electron chi connectivity index (χ4n) is 2.65. The van der Waals surface area contributed by atoms with Crippen LogP contribution in [0.15, 0.2) is 30.3 Å². The lowest BCUT2D eigenvalue weighted by Gasteiger charge is -2.22. The molecule has 2 rings (SSSR count). The molecule has 1 aromatic rings. The predicted octanol–water partition coefficient (Wildman–Crippen LogP) is 4.20. The number of nitrogens with one attached hydrogen (secondary N) is 1. The zero-order valence-corrected chi connectivity index (χ0v) is 12.0. The lowest BCUT2D eigenvalue weighted by molar-refractivity contribution is -0.121. The smallest absolute Gasteiger partial charge is 0.242 e. The fourth-order valence-corrected chi connectivity index (χ4v) is 2.86. The van der Waals surface area contributed by atoms with E-state index in [9.17, 15) is 4.79 Å². The first-order chi connectivity index (χ1) is 9.27. The minimum absolute atomic E-state index is 0.0570. The van der Waals surface area contributed by atoms with E-state index in [0.29, 0.717) is 6.04 Å². The van der Waals surface area contributed by atoms with Crippen LogP contribution in [0.4, 0.5) is 0 Å². The van der Waals surface area contributed by atoms with E-state index in [-0.39, 0.29) is 5.91 Å². The third-order valence-corrected chi connectivity index (χ3v) is 4.22. The zero-order chi connectivity index (χ0) is 13.5. The number of halogens is 1. The van der Waals surface area contributed by atoms with Gasteiger partial charge in [0.25, 0.3) is 0 Å². The standard InChI is InChI=1S/C16H22ClNO/c17-15(13-9-5-4-6-10-13)16(19)18-14-11-7-2-1-3-8-12-14/h4-6,9-10,14-15H,1-3,7-8,11-12H2,(H,18,19)/t15-/m0/s1. The van der Waals surface area contributed by atoms with Crippen molar-refractivity contribution >= 4 is 17.5 Å². The molecule has 0 aromatic heterocycles. The first-order valence-electron chi connectivity index (χ1n) is 7.27. The molecule has 1 atom stereocenters. The summed E-state index contributed by atoms with van der Waals surface area (Å²) in [5.74, 6) is -0.0570. The normalized spacial score (nSPS) is 19.2. The van der Waals surface area contributed by atoms with Crippen molar-refractivity contribution in [1.82, 2.24) is 5.32 Å². The molecule has 2 nitrogen and oxygen atoms in total. The van der Waals surface area contributed by atoms with E-state index in [1.54, 1.807) is 0 Å². The third kappa shape index (κ3) is 4.54. The number of carbonyl (C=O) groups excluding carboxylic acids is 1. The maximum absolute atomic E-state index is 12.2. The van der Waals surface area contributed by atoms with Gasteiger partial charge in [0.1, 0.15) is 5.38 Å². The first kappa shape index (κ1) is 14.4. The lowest BCUT2D eigenvalue weighted by Crippen LogP contribution is -2.37. The molecule has 104 valence electrons. The topological polar surface area (TPSA) is 29.1 Å². The lowest BCUT2D eigenvalue weighted by atomic mass is 9.96. The van der Waals surface area contributed by atoms with Crippen LogP contribution in [0.1, 0.15) is 55.9 Å². The summed E-state index contributed by atoms with van der Waals surface area (Å²) < 4.78 is 0. The molecule has 0 radical (unpaired) electrons. The minimum Gasteiger partial charge on any atom is -0.352 e. The van der Waals surface area contributed by atoms with Gasteiger partial charge in [-0.2, -0.15) is 0 Å². The summed E-state index contributed by atoms with van der Waals surface area (Å²) in [7, 11) is 0. The molecular formula is C16H22ClNO. The Bertz CT molecular complexity index is 385. The van der Waals surface area contributed by atoms with E-state index in [1.165, 1.54) is 32.1 Å². The number of amides is 1. The van der Waals surface area contributed by atoms with Crippen LogP contribution in [0, 0.1) is 0 Å². The highest BCUT2D eigenvalue weighted by Gasteiger charge is 2.21. The molecule has 0 saturated heterocycles. The van der Waals surface area contributed by atoms with Gasteiger partial charge in [0.05, 0.1) is 0 Å². The number of rotatable bonds is 3. The van der Waals surface area contributed by atoms with Gasteiger partial charge in [-0.1, -0.05) is 62.4 Å². The maximum atomic E-state index is 12.2. The second kappa shape index (κ2) is 7.54. The molecule has 1 N–H and O–H groups in total. The molecule has 1 fully saturated rings. The Morgan fingerprint density at radius 1 is 1.05 bits per heavy atom. The van der Waals surface area contributed by atoms with E-state index in [0.717, 1.165) is 18.4 Å². The predicted molar refractivity (Wildman–Crippen MR) is 79.3 cm³/mol. The quantitative estimate of drug-likeness (QED) is 0.826.